The molecular weight excluding hydrogens is 338 g/mol. The molecule has 0 unspecified atom stereocenters. The molecule has 5 nitrogen and oxygen atoms in total. The molecular formula is C22H27N3O2. The molecule has 27 heavy (non-hydrogen) atoms. The van der Waals surface area contributed by atoms with Gasteiger partial charge in [0.15, 0.2) is 0 Å². The summed E-state index contributed by atoms with van der Waals surface area (Å²) in [6, 6.07) is 11.7. The minimum absolute atomic E-state index is 0.0112. The van der Waals surface area contributed by atoms with Gasteiger partial charge < -0.3 is 10.2 Å². The van der Waals surface area contributed by atoms with Gasteiger partial charge in [0.2, 0.25) is 5.91 Å². The summed E-state index contributed by atoms with van der Waals surface area (Å²) in [4.78, 5) is 30.6. The zero-order chi connectivity index (χ0) is 19.4. The minimum atomic E-state index is -0.0200. The highest BCUT2D eigenvalue weighted by atomic mass is 16.2. The van der Waals surface area contributed by atoms with Crippen molar-refractivity contribution in [1.82, 2.24) is 15.2 Å². The van der Waals surface area contributed by atoms with Gasteiger partial charge in [-0.25, -0.2) is 0 Å². The first-order valence-electron chi connectivity index (χ1n) is 9.41. The Labute approximate surface area is 160 Å². The molecule has 0 spiro atoms. The summed E-state index contributed by atoms with van der Waals surface area (Å²) in [5, 5.41) is 2.96. The SMILES string of the molecule is CC(C)(C)c1ccc(C(=O)N(Cc2ccncc2)C[C@@H]2CCC(=O)N2)cc1. The topological polar surface area (TPSA) is 62.3 Å². The molecule has 0 saturated carbocycles. The predicted octanol–water partition coefficient (Wildman–Crippen LogP) is 3.30. The van der Waals surface area contributed by atoms with Crippen molar-refractivity contribution in [2.75, 3.05) is 6.54 Å². The zero-order valence-electron chi connectivity index (χ0n) is 16.2. The van der Waals surface area contributed by atoms with Gasteiger partial charge in [-0.15, -0.1) is 0 Å². The van der Waals surface area contributed by atoms with Crippen LogP contribution in [0.3, 0.4) is 0 Å². The van der Waals surface area contributed by atoms with E-state index in [0.717, 1.165) is 12.0 Å². The summed E-state index contributed by atoms with van der Waals surface area (Å²) in [5.74, 6) is 0.0410. The number of hydrogen-bond donors (Lipinski definition) is 1. The highest BCUT2D eigenvalue weighted by molar-refractivity contribution is 5.94. The third-order valence-corrected chi connectivity index (χ3v) is 4.93. The van der Waals surface area contributed by atoms with Gasteiger partial charge in [0.25, 0.3) is 5.91 Å². The average molecular weight is 365 g/mol. The fourth-order valence-corrected chi connectivity index (χ4v) is 3.30. The van der Waals surface area contributed by atoms with Crippen LogP contribution in [0.25, 0.3) is 0 Å². The lowest BCUT2D eigenvalue weighted by Crippen LogP contribution is -2.41. The molecule has 1 aromatic carbocycles. The number of amides is 2. The van der Waals surface area contributed by atoms with Crippen LogP contribution in [0.2, 0.25) is 0 Å². The lowest BCUT2D eigenvalue weighted by molar-refractivity contribution is -0.119. The summed E-state index contributed by atoms with van der Waals surface area (Å²) in [7, 11) is 0. The van der Waals surface area contributed by atoms with Crippen molar-refractivity contribution in [3.63, 3.8) is 0 Å². The number of pyridine rings is 1. The molecule has 1 N–H and O–H groups in total. The Bertz CT molecular complexity index is 795. The Kier molecular flexibility index (Phi) is 5.59. The molecule has 1 atom stereocenters. The van der Waals surface area contributed by atoms with Gasteiger partial charge in [0, 0.05) is 43.5 Å². The lowest BCUT2D eigenvalue weighted by Gasteiger charge is -2.26. The quantitative estimate of drug-likeness (QED) is 0.884. The monoisotopic (exact) mass is 365 g/mol. The fraction of sp³-hybridized carbons (Fsp3) is 0.409. The number of aromatic nitrogens is 1. The Balaban J connectivity index is 1.80. The molecule has 2 amide bonds. The van der Waals surface area contributed by atoms with Gasteiger partial charge in [-0.2, -0.15) is 0 Å². The van der Waals surface area contributed by atoms with Gasteiger partial charge in [-0.3, -0.25) is 14.6 Å². The molecule has 0 bridgehead atoms. The molecule has 2 heterocycles. The number of carbonyl (C=O) groups is 2. The fourth-order valence-electron chi connectivity index (χ4n) is 3.30. The molecule has 2 aromatic rings. The predicted molar refractivity (Wildman–Crippen MR) is 105 cm³/mol. The second-order valence-corrected chi connectivity index (χ2v) is 8.17. The van der Waals surface area contributed by atoms with E-state index in [1.807, 2.05) is 41.3 Å². The molecule has 0 aliphatic carbocycles. The number of rotatable bonds is 5. The maximum Gasteiger partial charge on any atom is 0.254 e. The molecule has 1 fully saturated rings. The van der Waals surface area contributed by atoms with Crippen molar-refractivity contribution in [3.05, 3.63) is 65.5 Å². The second-order valence-electron chi connectivity index (χ2n) is 8.17. The molecule has 1 saturated heterocycles. The summed E-state index contributed by atoms with van der Waals surface area (Å²) in [5.41, 5.74) is 2.94. The molecule has 3 rings (SSSR count). The second kappa shape index (κ2) is 7.91. The van der Waals surface area contributed by atoms with Crippen molar-refractivity contribution in [1.29, 1.82) is 0 Å². The summed E-state index contributed by atoms with van der Waals surface area (Å²) < 4.78 is 0. The van der Waals surface area contributed by atoms with E-state index >= 15 is 0 Å². The molecule has 142 valence electrons. The van der Waals surface area contributed by atoms with Crippen molar-refractivity contribution >= 4 is 11.8 Å². The van der Waals surface area contributed by atoms with Crippen molar-refractivity contribution in [3.8, 4) is 0 Å². The Morgan fingerprint density at radius 2 is 1.81 bits per heavy atom. The highest BCUT2D eigenvalue weighted by Gasteiger charge is 2.26. The van der Waals surface area contributed by atoms with Crippen LogP contribution >= 0.6 is 0 Å². The molecule has 5 heteroatoms. The molecule has 1 aliphatic heterocycles. The Morgan fingerprint density at radius 1 is 1.15 bits per heavy atom. The number of benzene rings is 1. The summed E-state index contributed by atoms with van der Waals surface area (Å²) in [6.45, 7) is 7.47. The molecule has 1 aromatic heterocycles. The average Bonchev–Trinajstić information content (AvgIpc) is 3.06. The standard InChI is InChI=1S/C22H27N3O2/c1-22(2,3)18-6-4-17(5-7-18)21(27)25(14-16-10-12-23-13-11-16)15-19-8-9-20(26)24-19/h4-7,10-13,19H,8-9,14-15H2,1-3H3,(H,24,26)/t19-/m0/s1. The smallest absolute Gasteiger partial charge is 0.254 e. The van der Waals surface area contributed by atoms with Crippen LogP contribution in [0.1, 0.15) is 55.1 Å². The van der Waals surface area contributed by atoms with E-state index in [4.69, 9.17) is 0 Å². The van der Waals surface area contributed by atoms with E-state index in [-0.39, 0.29) is 23.3 Å². The first-order chi connectivity index (χ1) is 12.8. The molecule has 1 aliphatic rings. The van der Waals surface area contributed by atoms with Crippen molar-refractivity contribution in [2.45, 2.75) is 51.6 Å². The highest BCUT2D eigenvalue weighted by Crippen LogP contribution is 2.23. The number of nitrogens with one attached hydrogen (secondary N) is 1. The van der Waals surface area contributed by atoms with Crippen LogP contribution < -0.4 is 5.32 Å². The number of carbonyl (C=O) groups excluding carboxylic acids is 2. The van der Waals surface area contributed by atoms with Crippen LogP contribution in [0.4, 0.5) is 0 Å². The maximum atomic E-state index is 13.2. The lowest BCUT2D eigenvalue weighted by atomic mass is 9.86. The van der Waals surface area contributed by atoms with Crippen LogP contribution in [0.15, 0.2) is 48.8 Å². The number of nitrogens with zero attached hydrogens (tertiary/aromatic N) is 2. The largest absolute Gasteiger partial charge is 0.352 e. The number of hydrogen-bond acceptors (Lipinski definition) is 3. The zero-order valence-corrected chi connectivity index (χ0v) is 16.2. The van der Waals surface area contributed by atoms with E-state index in [0.29, 0.717) is 25.1 Å². The van der Waals surface area contributed by atoms with Gasteiger partial charge in [-0.05, 0) is 47.2 Å². The minimum Gasteiger partial charge on any atom is -0.352 e. The van der Waals surface area contributed by atoms with Gasteiger partial charge in [-0.1, -0.05) is 32.9 Å². The molecule has 0 radical (unpaired) electrons. The Hall–Kier alpha value is -2.69. The van der Waals surface area contributed by atoms with Crippen LogP contribution in [-0.4, -0.2) is 34.3 Å². The van der Waals surface area contributed by atoms with Gasteiger partial charge in [0.1, 0.15) is 0 Å². The third kappa shape index (κ3) is 4.94. The third-order valence-electron chi connectivity index (χ3n) is 4.93. The Morgan fingerprint density at radius 3 is 2.37 bits per heavy atom. The van der Waals surface area contributed by atoms with E-state index in [1.165, 1.54) is 5.56 Å². The summed E-state index contributed by atoms with van der Waals surface area (Å²) >= 11 is 0. The van der Waals surface area contributed by atoms with E-state index < -0.39 is 0 Å². The van der Waals surface area contributed by atoms with E-state index in [2.05, 4.69) is 31.1 Å². The van der Waals surface area contributed by atoms with E-state index in [1.54, 1.807) is 12.4 Å². The van der Waals surface area contributed by atoms with Gasteiger partial charge >= 0.3 is 0 Å². The van der Waals surface area contributed by atoms with Crippen LogP contribution in [0.5, 0.6) is 0 Å². The van der Waals surface area contributed by atoms with Gasteiger partial charge in [0.05, 0.1) is 0 Å². The maximum absolute atomic E-state index is 13.2. The first-order valence-corrected chi connectivity index (χ1v) is 9.41. The van der Waals surface area contributed by atoms with Crippen molar-refractivity contribution < 1.29 is 9.59 Å². The first kappa shape index (κ1) is 19.1. The van der Waals surface area contributed by atoms with Crippen LogP contribution in [-0.2, 0) is 16.8 Å². The normalized spacial score (nSPS) is 16.9. The van der Waals surface area contributed by atoms with Crippen LogP contribution in [0, 0.1) is 0 Å². The van der Waals surface area contributed by atoms with Crippen molar-refractivity contribution in [2.24, 2.45) is 0 Å². The van der Waals surface area contributed by atoms with E-state index in [9.17, 15) is 9.59 Å². The summed E-state index contributed by atoms with van der Waals surface area (Å²) in [6.07, 6.45) is 4.76.